The van der Waals surface area contributed by atoms with Gasteiger partial charge in [-0.3, -0.25) is 9.69 Å². The molecule has 1 aromatic heterocycles. The van der Waals surface area contributed by atoms with Crippen molar-refractivity contribution in [2.75, 3.05) is 6.54 Å². The van der Waals surface area contributed by atoms with Crippen LogP contribution in [0.1, 0.15) is 31.4 Å². The first-order chi connectivity index (χ1) is 8.25. The molecule has 5 heteroatoms. The van der Waals surface area contributed by atoms with E-state index in [4.69, 9.17) is 5.11 Å². The fourth-order valence-corrected chi connectivity index (χ4v) is 2.38. The predicted octanol–water partition coefficient (Wildman–Crippen LogP) is 1.31. The highest BCUT2D eigenvalue weighted by Crippen LogP contribution is 2.24. The van der Waals surface area contributed by atoms with Crippen molar-refractivity contribution in [2.24, 2.45) is 0 Å². The third kappa shape index (κ3) is 3.49. The third-order valence-corrected chi connectivity index (χ3v) is 3.19. The molecular formula is C12H17N3O2. The predicted molar refractivity (Wildman–Crippen MR) is 62.3 cm³/mol. The molecule has 5 nitrogen and oxygen atoms in total. The van der Waals surface area contributed by atoms with Crippen LogP contribution in [0, 0.1) is 0 Å². The second-order valence-corrected chi connectivity index (χ2v) is 4.44. The first-order valence-corrected chi connectivity index (χ1v) is 5.96. The van der Waals surface area contributed by atoms with Gasteiger partial charge in [0.2, 0.25) is 0 Å². The van der Waals surface area contributed by atoms with E-state index in [2.05, 4.69) is 9.97 Å². The molecule has 92 valence electrons. The minimum absolute atomic E-state index is 0.0919. The van der Waals surface area contributed by atoms with Crippen LogP contribution in [0.15, 0.2) is 18.6 Å². The monoisotopic (exact) mass is 235 g/mol. The van der Waals surface area contributed by atoms with E-state index in [1.165, 1.54) is 19.2 Å². The number of carbonyl (C=O) groups is 1. The zero-order valence-electron chi connectivity index (χ0n) is 9.75. The Morgan fingerprint density at radius 1 is 1.47 bits per heavy atom. The Balaban J connectivity index is 2.02. The molecule has 0 saturated heterocycles. The molecule has 1 aliphatic rings. The van der Waals surface area contributed by atoms with E-state index in [1.54, 1.807) is 6.20 Å². The van der Waals surface area contributed by atoms with E-state index < -0.39 is 5.97 Å². The van der Waals surface area contributed by atoms with Gasteiger partial charge in [0, 0.05) is 18.8 Å². The second-order valence-electron chi connectivity index (χ2n) is 4.44. The fourth-order valence-electron chi connectivity index (χ4n) is 2.38. The van der Waals surface area contributed by atoms with Gasteiger partial charge in [-0.25, -0.2) is 9.97 Å². The van der Waals surface area contributed by atoms with Crippen LogP contribution in [-0.4, -0.2) is 38.5 Å². The van der Waals surface area contributed by atoms with Crippen LogP contribution in [0.3, 0.4) is 0 Å². The van der Waals surface area contributed by atoms with Crippen LogP contribution in [0.2, 0.25) is 0 Å². The molecule has 0 spiro atoms. The number of nitrogens with zero attached hydrogens (tertiary/aromatic N) is 3. The highest BCUT2D eigenvalue weighted by molar-refractivity contribution is 5.69. The van der Waals surface area contributed by atoms with Gasteiger partial charge in [0.15, 0.2) is 0 Å². The minimum Gasteiger partial charge on any atom is -0.480 e. The Morgan fingerprint density at radius 2 is 2.24 bits per heavy atom. The summed E-state index contributed by atoms with van der Waals surface area (Å²) in [5.41, 5.74) is 0.883. The van der Waals surface area contributed by atoms with Gasteiger partial charge < -0.3 is 5.11 Å². The molecule has 1 heterocycles. The highest BCUT2D eigenvalue weighted by atomic mass is 16.4. The van der Waals surface area contributed by atoms with Crippen LogP contribution in [-0.2, 0) is 11.3 Å². The van der Waals surface area contributed by atoms with Crippen molar-refractivity contribution < 1.29 is 9.90 Å². The first-order valence-electron chi connectivity index (χ1n) is 5.96. The lowest BCUT2D eigenvalue weighted by Crippen LogP contribution is -2.37. The van der Waals surface area contributed by atoms with E-state index in [9.17, 15) is 4.79 Å². The maximum absolute atomic E-state index is 10.9. The third-order valence-electron chi connectivity index (χ3n) is 3.19. The molecule has 2 rings (SSSR count). The zero-order chi connectivity index (χ0) is 12.1. The standard InChI is InChI=1S/C12H17N3O2/c16-12(17)8-15(11-3-1-2-4-11)7-10-5-6-13-9-14-10/h5-6,9,11H,1-4,7-8H2,(H,16,17). The molecule has 0 atom stereocenters. The number of hydrogen-bond acceptors (Lipinski definition) is 4. The summed E-state index contributed by atoms with van der Waals surface area (Å²) in [6, 6.07) is 2.23. The van der Waals surface area contributed by atoms with Gasteiger partial charge in [0.25, 0.3) is 0 Å². The number of aliphatic carboxylic acids is 1. The topological polar surface area (TPSA) is 66.3 Å². The normalized spacial score (nSPS) is 16.5. The van der Waals surface area contributed by atoms with Crippen molar-refractivity contribution in [1.82, 2.24) is 14.9 Å². The van der Waals surface area contributed by atoms with Gasteiger partial charge in [0.1, 0.15) is 6.33 Å². The molecule has 1 aliphatic carbocycles. The van der Waals surface area contributed by atoms with Crippen molar-refractivity contribution in [2.45, 2.75) is 38.3 Å². The van der Waals surface area contributed by atoms with Crippen molar-refractivity contribution in [3.8, 4) is 0 Å². The Morgan fingerprint density at radius 3 is 2.82 bits per heavy atom. The average Bonchev–Trinajstić information content (AvgIpc) is 2.82. The SMILES string of the molecule is O=C(O)CN(Cc1ccncn1)C1CCCC1. The van der Waals surface area contributed by atoms with Crippen LogP contribution < -0.4 is 0 Å². The Bertz CT molecular complexity index is 363. The summed E-state index contributed by atoms with van der Waals surface area (Å²) in [6.45, 7) is 0.689. The van der Waals surface area contributed by atoms with Crippen molar-refractivity contribution in [3.05, 3.63) is 24.3 Å². The van der Waals surface area contributed by atoms with Crippen LogP contribution >= 0.6 is 0 Å². The molecule has 17 heavy (non-hydrogen) atoms. The molecule has 1 fully saturated rings. The van der Waals surface area contributed by atoms with Crippen LogP contribution in [0.5, 0.6) is 0 Å². The summed E-state index contributed by atoms with van der Waals surface area (Å²) in [7, 11) is 0. The summed E-state index contributed by atoms with van der Waals surface area (Å²) in [6.07, 6.45) is 7.78. The molecule has 0 bridgehead atoms. The quantitative estimate of drug-likeness (QED) is 0.833. The molecular weight excluding hydrogens is 218 g/mol. The van der Waals surface area contributed by atoms with Crippen molar-refractivity contribution in [1.29, 1.82) is 0 Å². The molecule has 1 aromatic rings. The molecule has 1 saturated carbocycles. The van der Waals surface area contributed by atoms with Crippen LogP contribution in [0.4, 0.5) is 0 Å². The van der Waals surface area contributed by atoms with Gasteiger partial charge in [-0.1, -0.05) is 12.8 Å². The fraction of sp³-hybridized carbons (Fsp3) is 0.583. The van der Waals surface area contributed by atoms with E-state index in [-0.39, 0.29) is 6.54 Å². The van der Waals surface area contributed by atoms with Crippen molar-refractivity contribution >= 4 is 5.97 Å². The van der Waals surface area contributed by atoms with E-state index in [0.717, 1.165) is 18.5 Å². The summed E-state index contributed by atoms with van der Waals surface area (Å²) < 4.78 is 0. The first kappa shape index (κ1) is 12.0. The average molecular weight is 235 g/mol. The smallest absolute Gasteiger partial charge is 0.317 e. The van der Waals surface area contributed by atoms with E-state index in [0.29, 0.717) is 12.6 Å². The van der Waals surface area contributed by atoms with Gasteiger partial charge >= 0.3 is 5.97 Å². The highest BCUT2D eigenvalue weighted by Gasteiger charge is 2.24. The number of rotatable bonds is 5. The number of hydrogen-bond donors (Lipinski definition) is 1. The molecule has 0 amide bonds. The van der Waals surface area contributed by atoms with Crippen molar-refractivity contribution in [3.63, 3.8) is 0 Å². The maximum atomic E-state index is 10.9. The van der Waals surface area contributed by atoms with E-state index in [1.807, 2.05) is 11.0 Å². The second kappa shape index (κ2) is 5.72. The molecule has 0 radical (unpaired) electrons. The zero-order valence-corrected chi connectivity index (χ0v) is 9.75. The summed E-state index contributed by atoms with van der Waals surface area (Å²) in [5.74, 6) is -0.772. The number of carboxylic acid groups (broad SMARTS) is 1. The lowest BCUT2D eigenvalue weighted by molar-refractivity contribution is -0.139. The molecule has 0 unspecified atom stereocenters. The van der Waals surface area contributed by atoms with Gasteiger partial charge in [-0.05, 0) is 18.9 Å². The number of aromatic nitrogens is 2. The number of carboxylic acids is 1. The van der Waals surface area contributed by atoms with Gasteiger partial charge in [-0.15, -0.1) is 0 Å². The van der Waals surface area contributed by atoms with Gasteiger partial charge in [-0.2, -0.15) is 0 Å². The largest absolute Gasteiger partial charge is 0.480 e. The minimum atomic E-state index is -0.772. The van der Waals surface area contributed by atoms with E-state index >= 15 is 0 Å². The summed E-state index contributed by atoms with van der Waals surface area (Å²) in [5, 5.41) is 8.95. The Labute approximate surface area is 100 Å². The molecule has 0 aliphatic heterocycles. The lowest BCUT2D eigenvalue weighted by atomic mass is 10.2. The Kier molecular flexibility index (Phi) is 4.03. The summed E-state index contributed by atoms with van der Waals surface area (Å²) >= 11 is 0. The lowest BCUT2D eigenvalue weighted by Gasteiger charge is -2.26. The molecule has 0 aromatic carbocycles. The van der Waals surface area contributed by atoms with Crippen LogP contribution in [0.25, 0.3) is 0 Å². The van der Waals surface area contributed by atoms with Gasteiger partial charge in [0.05, 0.1) is 12.2 Å². The Hall–Kier alpha value is -1.49. The molecule has 1 N–H and O–H groups in total. The maximum Gasteiger partial charge on any atom is 0.317 e. The summed E-state index contributed by atoms with van der Waals surface area (Å²) in [4.78, 5) is 20.9.